The van der Waals surface area contributed by atoms with Gasteiger partial charge in [0.15, 0.2) is 5.43 Å². The van der Waals surface area contributed by atoms with Crippen molar-refractivity contribution in [2.45, 2.75) is 39.8 Å². The van der Waals surface area contributed by atoms with Crippen LogP contribution in [-0.2, 0) is 17.9 Å². The average Bonchev–Trinajstić information content (AvgIpc) is 3.06. The Balaban J connectivity index is 1.83. The van der Waals surface area contributed by atoms with Gasteiger partial charge in [0.25, 0.3) is 0 Å². The van der Waals surface area contributed by atoms with Crippen molar-refractivity contribution in [3.05, 3.63) is 68.6 Å². The molecule has 0 bridgehead atoms. The smallest absolute Gasteiger partial charge is 0.242 e. The van der Waals surface area contributed by atoms with Crippen molar-refractivity contribution in [1.29, 1.82) is 0 Å². The summed E-state index contributed by atoms with van der Waals surface area (Å²) in [5.74, 6) is 0.0818. The fourth-order valence-corrected chi connectivity index (χ4v) is 3.95. The number of amides is 1. The number of carbonyl (C=O) groups is 1. The first-order chi connectivity index (χ1) is 12.6. The summed E-state index contributed by atoms with van der Waals surface area (Å²) in [6.07, 6.45) is 3.76. The molecule has 26 heavy (non-hydrogen) atoms. The van der Waals surface area contributed by atoms with Crippen LogP contribution in [0.3, 0.4) is 0 Å². The third kappa shape index (κ3) is 4.22. The summed E-state index contributed by atoms with van der Waals surface area (Å²) in [6, 6.07) is 13.2. The minimum Gasteiger partial charge on any atom is -0.338 e. The molecule has 136 valence electrons. The highest BCUT2D eigenvalue weighted by Gasteiger charge is 2.16. The molecule has 3 rings (SSSR count). The van der Waals surface area contributed by atoms with E-state index in [1.54, 1.807) is 17.5 Å². The molecule has 3 aromatic rings. The summed E-state index contributed by atoms with van der Waals surface area (Å²) in [4.78, 5) is 29.4. The Bertz CT molecular complexity index is 958. The quantitative estimate of drug-likeness (QED) is 0.627. The molecule has 0 spiro atoms. The van der Waals surface area contributed by atoms with E-state index in [-0.39, 0.29) is 17.9 Å². The third-order valence-electron chi connectivity index (χ3n) is 4.47. The largest absolute Gasteiger partial charge is 0.338 e. The first-order valence-corrected chi connectivity index (χ1v) is 9.81. The molecule has 0 atom stereocenters. The number of hydrogen-bond donors (Lipinski definition) is 0. The molecule has 0 fully saturated rings. The van der Waals surface area contributed by atoms with Crippen molar-refractivity contribution in [2.75, 3.05) is 6.54 Å². The van der Waals surface area contributed by atoms with Crippen molar-refractivity contribution >= 4 is 28.1 Å². The molecule has 2 aromatic heterocycles. The zero-order chi connectivity index (χ0) is 18.5. The standard InChI is InChI=1S/C21H24N2O2S/c1-3-4-12-23(14-17-10-9-16(2)26-17)21(25)15-22-13-11-20(24)18-7-5-6-8-19(18)22/h5-11,13H,3-4,12,14-15H2,1-2H3. The summed E-state index contributed by atoms with van der Waals surface area (Å²) in [5.41, 5.74) is 0.789. The van der Waals surface area contributed by atoms with E-state index in [1.807, 2.05) is 33.7 Å². The highest BCUT2D eigenvalue weighted by Crippen LogP contribution is 2.18. The van der Waals surface area contributed by atoms with Gasteiger partial charge in [0.1, 0.15) is 6.54 Å². The Labute approximate surface area is 157 Å². The van der Waals surface area contributed by atoms with E-state index in [0.717, 1.165) is 24.9 Å². The molecule has 0 radical (unpaired) electrons. The van der Waals surface area contributed by atoms with Gasteiger partial charge in [-0.05, 0) is 37.6 Å². The summed E-state index contributed by atoms with van der Waals surface area (Å²) < 4.78 is 1.87. The van der Waals surface area contributed by atoms with E-state index in [9.17, 15) is 9.59 Å². The van der Waals surface area contributed by atoms with Gasteiger partial charge in [0, 0.05) is 33.9 Å². The normalized spacial score (nSPS) is 11.0. The zero-order valence-electron chi connectivity index (χ0n) is 15.3. The van der Waals surface area contributed by atoms with E-state index < -0.39 is 0 Å². The SMILES string of the molecule is CCCCN(Cc1ccc(C)s1)C(=O)Cn1ccc(=O)c2ccccc21. The van der Waals surface area contributed by atoms with Crippen LogP contribution < -0.4 is 5.43 Å². The highest BCUT2D eigenvalue weighted by molar-refractivity contribution is 7.11. The van der Waals surface area contributed by atoms with Crippen molar-refractivity contribution in [3.8, 4) is 0 Å². The van der Waals surface area contributed by atoms with Crippen molar-refractivity contribution in [1.82, 2.24) is 9.47 Å². The molecule has 0 unspecified atom stereocenters. The van der Waals surface area contributed by atoms with Crippen LogP contribution in [0, 0.1) is 6.92 Å². The fourth-order valence-electron chi connectivity index (χ4n) is 3.04. The molecule has 1 amide bonds. The number of rotatable bonds is 7. The minimum atomic E-state index is -0.0128. The lowest BCUT2D eigenvalue weighted by Gasteiger charge is -2.23. The number of para-hydroxylation sites is 1. The maximum atomic E-state index is 13.0. The molecule has 0 saturated carbocycles. The van der Waals surface area contributed by atoms with Crippen molar-refractivity contribution in [3.63, 3.8) is 0 Å². The van der Waals surface area contributed by atoms with Gasteiger partial charge in [-0.1, -0.05) is 25.5 Å². The first kappa shape index (κ1) is 18.4. The second kappa shape index (κ2) is 8.32. The van der Waals surface area contributed by atoms with Crippen LogP contribution in [0.4, 0.5) is 0 Å². The molecule has 4 nitrogen and oxygen atoms in total. The molecular formula is C21H24N2O2S. The van der Waals surface area contributed by atoms with Crippen LogP contribution in [0.1, 0.15) is 29.5 Å². The first-order valence-electron chi connectivity index (χ1n) is 8.99. The van der Waals surface area contributed by atoms with Gasteiger partial charge in [0.05, 0.1) is 12.1 Å². The number of aromatic nitrogens is 1. The second-order valence-electron chi connectivity index (χ2n) is 6.51. The van der Waals surface area contributed by atoms with E-state index in [4.69, 9.17) is 0 Å². The monoisotopic (exact) mass is 368 g/mol. The van der Waals surface area contributed by atoms with Crippen LogP contribution in [0.5, 0.6) is 0 Å². The third-order valence-corrected chi connectivity index (χ3v) is 5.45. The van der Waals surface area contributed by atoms with E-state index in [2.05, 4.69) is 26.0 Å². The van der Waals surface area contributed by atoms with Gasteiger partial charge in [-0.25, -0.2) is 0 Å². The lowest BCUT2D eigenvalue weighted by atomic mass is 10.2. The molecule has 0 aliphatic carbocycles. The molecule has 1 aromatic carbocycles. The molecular weight excluding hydrogens is 344 g/mol. The van der Waals surface area contributed by atoms with E-state index in [0.29, 0.717) is 11.9 Å². The maximum Gasteiger partial charge on any atom is 0.242 e. The Morgan fingerprint density at radius 2 is 1.96 bits per heavy atom. The van der Waals surface area contributed by atoms with Gasteiger partial charge < -0.3 is 9.47 Å². The van der Waals surface area contributed by atoms with Gasteiger partial charge in [-0.3, -0.25) is 9.59 Å². The highest BCUT2D eigenvalue weighted by atomic mass is 32.1. The number of fused-ring (bicyclic) bond motifs is 1. The van der Waals surface area contributed by atoms with Gasteiger partial charge in [0.2, 0.25) is 5.91 Å². The number of nitrogens with zero attached hydrogens (tertiary/aromatic N) is 2. The Kier molecular flexibility index (Phi) is 5.89. The Morgan fingerprint density at radius 3 is 2.69 bits per heavy atom. The topological polar surface area (TPSA) is 42.3 Å². The number of carbonyl (C=O) groups excluding carboxylic acids is 1. The van der Waals surface area contributed by atoms with Crippen molar-refractivity contribution in [2.24, 2.45) is 0 Å². The average molecular weight is 369 g/mol. The molecule has 0 aliphatic rings. The van der Waals surface area contributed by atoms with Crippen molar-refractivity contribution < 1.29 is 4.79 Å². The predicted molar refractivity (Wildman–Crippen MR) is 108 cm³/mol. The number of thiophene rings is 1. The van der Waals surface area contributed by atoms with Crippen LogP contribution in [0.15, 0.2) is 53.5 Å². The summed E-state index contributed by atoms with van der Waals surface area (Å²) in [6.45, 7) is 5.86. The number of hydrogen-bond acceptors (Lipinski definition) is 3. The number of aryl methyl sites for hydroxylation is 1. The number of unbranched alkanes of at least 4 members (excludes halogenated alkanes) is 1. The van der Waals surface area contributed by atoms with E-state index in [1.165, 1.54) is 15.8 Å². The molecule has 0 aliphatic heterocycles. The van der Waals surface area contributed by atoms with Crippen LogP contribution >= 0.6 is 11.3 Å². The molecule has 0 saturated heterocycles. The van der Waals surface area contributed by atoms with Crippen LogP contribution in [0.25, 0.3) is 10.9 Å². The summed E-state index contributed by atoms with van der Waals surface area (Å²) in [5, 5.41) is 0.650. The zero-order valence-corrected chi connectivity index (χ0v) is 16.1. The lowest BCUT2D eigenvalue weighted by Crippen LogP contribution is -2.34. The van der Waals surface area contributed by atoms with Gasteiger partial charge in [-0.15, -0.1) is 11.3 Å². The predicted octanol–water partition coefficient (Wildman–Crippen LogP) is 4.20. The second-order valence-corrected chi connectivity index (χ2v) is 7.88. The van der Waals surface area contributed by atoms with Gasteiger partial charge >= 0.3 is 0 Å². The summed E-state index contributed by atoms with van der Waals surface area (Å²) >= 11 is 1.74. The number of benzene rings is 1. The van der Waals surface area contributed by atoms with E-state index >= 15 is 0 Å². The fraction of sp³-hybridized carbons (Fsp3) is 0.333. The summed E-state index contributed by atoms with van der Waals surface area (Å²) in [7, 11) is 0. The molecule has 5 heteroatoms. The van der Waals surface area contributed by atoms with Gasteiger partial charge in [-0.2, -0.15) is 0 Å². The molecule has 2 heterocycles. The minimum absolute atomic E-state index is 0.0128. The van der Waals surface area contributed by atoms with Crippen LogP contribution in [-0.4, -0.2) is 21.9 Å². The Hall–Kier alpha value is -2.40. The molecule has 0 N–H and O–H groups in total. The Morgan fingerprint density at radius 1 is 1.15 bits per heavy atom. The number of pyridine rings is 1. The maximum absolute atomic E-state index is 13.0. The lowest BCUT2D eigenvalue weighted by molar-refractivity contribution is -0.132. The van der Waals surface area contributed by atoms with Crippen LogP contribution in [0.2, 0.25) is 0 Å².